The lowest BCUT2D eigenvalue weighted by Crippen LogP contribution is -2.05. The molecule has 0 rings (SSSR count). The highest BCUT2D eigenvalue weighted by atomic mass is 16.6. The summed E-state index contributed by atoms with van der Waals surface area (Å²) < 4.78 is 8.07. The molecule has 0 unspecified atom stereocenters. The maximum Gasteiger partial charge on any atom is 0.338 e. The molecule has 6 heteroatoms. The van der Waals surface area contributed by atoms with E-state index >= 15 is 0 Å². The lowest BCUT2D eigenvalue weighted by Gasteiger charge is -1.90. The van der Waals surface area contributed by atoms with E-state index < -0.39 is 23.9 Å². The van der Waals surface area contributed by atoms with E-state index in [-0.39, 0.29) is 0 Å². The van der Waals surface area contributed by atoms with E-state index in [9.17, 15) is 19.2 Å². The van der Waals surface area contributed by atoms with Crippen LogP contribution in [0.15, 0.2) is 50.6 Å². The highest BCUT2D eigenvalue weighted by Gasteiger charge is 2.00. The fourth-order valence-electron chi connectivity index (χ4n) is 0.365. The van der Waals surface area contributed by atoms with Gasteiger partial charge in [-0.3, -0.25) is 0 Å². The van der Waals surface area contributed by atoms with E-state index in [1.807, 2.05) is 0 Å². The summed E-state index contributed by atoms with van der Waals surface area (Å²) in [5.41, 5.74) is 0. The van der Waals surface area contributed by atoms with Crippen molar-refractivity contribution in [3.05, 3.63) is 50.6 Å². The van der Waals surface area contributed by atoms with E-state index in [1.165, 1.54) is 0 Å². The van der Waals surface area contributed by atoms with Gasteiger partial charge in [0.05, 0.1) is 0 Å². The molecule has 0 aliphatic heterocycles. The summed E-state index contributed by atoms with van der Waals surface area (Å²) in [6, 6.07) is 0. The molecule has 0 bridgehead atoms. The van der Waals surface area contributed by atoms with Gasteiger partial charge in [0.25, 0.3) is 0 Å². The smallest absolute Gasteiger partial charge is 0.338 e. The SMILES string of the molecule is C=CC(=O)OC(=O)C=C.C=CC(=O)OC(=O)C=C. The van der Waals surface area contributed by atoms with Gasteiger partial charge in [-0.15, -0.1) is 0 Å². The molecular formula is C12H12O6. The Labute approximate surface area is 104 Å². The van der Waals surface area contributed by atoms with Gasteiger partial charge < -0.3 is 9.47 Å². The van der Waals surface area contributed by atoms with Crippen molar-refractivity contribution >= 4 is 23.9 Å². The average molecular weight is 252 g/mol. The Morgan fingerprint density at radius 2 is 0.722 bits per heavy atom. The van der Waals surface area contributed by atoms with Crippen LogP contribution in [0.25, 0.3) is 0 Å². The lowest BCUT2D eigenvalue weighted by atomic mass is 10.6. The topological polar surface area (TPSA) is 86.7 Å². The largest absolute Gasteiger partial charge is 0.387 e. The second-order valence-electron chi connectivity index (χ2n) is 2.30. The maximum atomic E-state index is 10.2. The summed E-state index contributed by atoms with van der Waals surface area (Å²) in [6.45, 7) is 12.3. The zero-order valence-electron chi connectivity index (χ0n) is 9.59. The monoisotopic (exact) mass is 252 g/mol. The summed E-state index contributed by atoms with van der Waals surface area (Å²) in [5, 5.41) is 0. The van der Waals surface area contributed by atoms with Gasteiger partial charge >= 0.3 is 23.9 Å². The highest BCUT2D eigenvalue weighted by molar-refractivity contribution is 5.96. The summed E-state index contributed by atoms with van der Waals surface area (Å²) in [4.78, 5) is 40.7. The lowest BCUT2D eigenvalue weighted by molar-refractivity contribution is -0.154. The number of carbonyl (C=O) groups is 4. The van der Waals surface area contributed by atoms with Gasteiger partial charge in [-0.1, -0.05) is 26.3 Å². The number of hydrogen-bond donors (Lipinski definition) is 0. The predicted octanol–water partition coefficient (Wildman–Crippen LogP) is 0.856. The zero-order valence-corrected chi connectivity index (χ0v) is 9.59. The molecule has 6 nitrogen and oxygen atoms in total. The Hall–Kier alpha value is -2.76. The van der Waals surface area contributed by atoms with Gasteiger partial charge in [0.2, 0.25) is 0 Å². The molecule has 0 saturated heterocycles. The quantitative estimate of drug-likeness (QED) is 0.419. The first-order valence-corrected chi connectivity index (χ1v) is 4.42. The van der Waals surface area contributed by atoms with Crippen molar-refractivity contribution in [2.75, 3.05) is 0 Å². The van der Waals surface area contributed by atoms with Crippen LogP contribution in [-0.4, -0.2) is 23.9 Å². The van der Waals surface area contributed by atoms with E-state index in [0.717, 1.165) is 24.3 Å². The van der Waals surface area contributed by atoms with Crippen molar-refractivity contribution in [3.8, 4) is 0 Å². The minimum atomic E-state index is -0.764. The van der Waals surface area contributed by atoms with Gasteiger partial charge in [-0.2, -0.15) is 0 Å². The highest BCUT2D eigenvalue weighted by Crippen LogP contribution is 1.81. The molecule has 0 N–H and O–H groups in total. The molecule has 0 aromatic rings. The van der Waals surface area contributed by atoms with Crippen molar-refractivity contribution in [2.45, 2.75) is 0 Å². The van der Waals surface area contributed by atoms with Gasteiger partial charge in [-0.05, 0) is 0 Å². The van der Waals surface area contributed by atoms with Crippen LogP contribution in [0.1, 0.15) is 0 Å². The molecule has 0 amide bonds. The van der Waals surface area contributed by atoms with Crippen LogP contribution in [0.2, 0.25) is 0 Å². The van der Waals surface area contributed by atoms with Crippen molar-refractivity contribution in [1.29, 1.82) is 0 Å². The van der Waals surface area contributed by atoms with Crippen molar-refractivity contribution in [1.82, 2.24) is 0 Å². The van der Waals surface area contributed by atoms with Gasteiger partial charge in [0.15, 0.2) is 0 Å². The molecule has 0 fully saturated rings. The number of carbonyl (C=O) groups excluding carboxylic acids is 4. The van der Waals surface area contributed by atoms with Crippen molar-refractivity contribution < 1.29 is 28.7 Å². The van der Waals surface area contributed by atoms with Gasteiger partial charge in [0, 0.05) is 24.3 Å². The van der Waals surface area contributed by atoms with E-state index in [1.54, 1.807) is 0 Å². The van der Waals surface area contributed by atoms with E-state index in [2.05, 4.69) is 35.8 Å². The van der Waals surface area contributed by atoms with Crippen LogP contribution in [0, 0.1) is 0 Å². The third kappa shape index (κ3) is 11.3. The van der Waals surface area contributed by atoms with Crippen LogP contribution in [0.4, 0.5) is 0 Å². The second kappa shape index (κ2) is 10.7. The molecule has 18 heavy (non-hydrogen) atoms. The summed E-state index contributed by atoms with van der Waals surface area (Å²) in [7, 11) is 0. The molecule has 0 aliphatic carbocycles. The Morgan fingerprint density at radius 1 is 0.556 bits per heavy atom. The first-order valence-electron chi connectivity index (χ1n) is 4.42. The fourth-order valence-corrected chi connectivity index (χ4v) is 0.365. The Morgan fingerprint density at radius 3 is 0.833 bits per heavy atom. The number of rotatable bonds is 4. The van der Waals surface area contributed by atoms with E-state index in [0.29, 0.717) is 0 Å². The number of ether oxygens (including phenoxy) is 2. The third-order valence-corrected chi connectivity index (χ3v) is 1.07. The Bertz CT molecular complexity index is 317. The first kappa shape index (κ1) is 17.6. The van der Waals surface area contributed by atoms with Crippen LogP contribution in [0.5, 0.6) is 0 Å². The predicted molar refractivity (Wildman–Crippen MR) is 63.0 cm³/mol. The fraction of sp³-hybridized carbons (Fsp3) is 0. The minimum absolute atomic E-state index is 0.764. The average Bonchev–Trinajstić information content (AvgIpc) is 2.38. The standard InChI is InChI=1S/2C6H6O3/c2*1-3-5(7)9-6(8)4-2/h2*3-4H,1-2H2. The van der Waals surface area contributed by atoms with Crippen LogP contribution in [-0.2, 0) is 28.7 Å². The van der Waals surface area contributed by atoms with Gasteiger partial charge in [-0.25, -0.2) is 19.2 Å². The molecule has 0 aliphatic rings. The zero-order chi connectivity index (χ0) is 14.6. The van der Waals surface area contributed by atoms with E-state index in [4.69, 9.17) is 0 Å². The van der Waals surface area contributed by atoms with Gasteiger partial charge in [0.1, 0.15) is 0 Å². The van der Waals surface area contributed by atoms with Crippen LogP contribution >= 0.6 is 0 Å². The Balaban J connectivity index is 0. The summed E-state index contributed by atoms with van der Waals surface area (Å²) in [6.07, 6.45) is 3.62. The maximum absolute atomic E-state index is 10.2. The minimum Gasteiger partial charge on any atom is -0.387 e. The van der Waals surface area contributed by atoms with Crippen molar-refractivity contribution in [3.63, 3.8) is 0 Å². The molecular weight excluding hydrogens is 240 g/mol. The third-order valence-electron chi connectivity index (χ3n) is 1.07. The number of esters is 4. The summed E-state index contributed by atoms with van der Waals surface area (Å²) in [5.74, 6) is -3.06. The van der Waals surface area contributed by atoms with Crippen LogP contribution < -0.4 is 0 Å². The molecule has 0 atom stereocenters. The second-order valence-corrected chi connectivity index (χ2v) is 2.30. The molecule has 0 aromatic heterocycles. The normalized spacial score (nSPS) is 7.56. The molecule has 0 heterocycles. The molecule has 0 aromatic carbocycles. The molecule has 0 spiro atoms. The Kier molecular flexibility index (Phi) is 10.5. The van der Waals surface area contributed by atoms with Crippen LogP contribution in [0.3, 0.4) is 0 Å². The molecule has 0 saturated carbocycles. The summed E-state index contributed by atoms with van der Waals surface area (Å²) >= 11 is 0. The molecule has 96 valence electrons. The molecule has 0 radical (unpaired) electrons. The van der Waals surface area contributed by atoms with Crippen molar-refractivity contribution in [2.24, 2.45) is 0 Å². The number of hydrogen-bond acceptors (Lipinski definition) is 6. The first-order chi connectivity index (χ1) is 8.40.